The van der Waals surface area contributed by atoms with Crippen LogP contribution in [0.15, 0.2) is 0 Å². The second-order valence-electron chi connectivity index (χ2n) is 4.44. The van der Waals surface area contributed by atoms with Gasteiger partial charge in [0.15, 0.2) is 0 Å². The Labute approximate surface area is 86.1 Å². The summed E-state index contributed by atoms with van der Waals surface area (Å²) in [5.74, 6) is 0.0751. The average molecular weight is 199 g/mol. The van der Waals surface area contributed by atoms with Crippen molar-refractivity contribution in [3.63, 3.8) is 0 Å². The molecule has 1 aliphatic rings. The summed E-state index contributed by atoms with van der Waals surface area (Å²) in [5, 5.41) is 8.80. The molecule has 0 bridgehead atoms. The van der Waals surface area contributed by atoms with Gasteiger partial charge in [-0.1, -0.05) is 13.8 Å². The summed E-state index contributed by atoms with van der Waals surface area (Å²) in [6.45, 7) is 5.49. The molecule has 1 aliphatic carbocycles. The van der Waals surface area contributed by atoms with Gasteiger partial charge in [0.25, 0.3) is 0 Å². The fourth-order valence-electron chi connectivity index (χ4n) is 2.36. The topological polar surface area (TPSA) is 40.5 Å². The first-order valence-electron chi connectivity index (χ1n) is 5.59. The van der Waals surface area contributed by atoms with Gasteiger partial charge < -0.3 is 5.11 Å². The number of hydrogen-bond donors (Lipinski definition) is 1. The Morgan fingerprint density at radius 1 is 1.50 bits per heavy atom. The highest BCUT2D eigenvalue weighted by Crippen LogP contribution is 2.28. The van der Waals surface area contributed by atoms with Crippen LogP contribution in [0.3, 0.4) is 0 Å². The van der Waals surface area contributed by atoms with Crippen LogP contribution in [0, 0.1) is 5.92 Å². The third-order valence-electron chi connectivity index (χ3n) is 3.03. The van der Waals surface area contributed by atoms with E-state index in [0.717, 1.165) is 18.9 Å². The zero-order valence-corrected chi connectivity index (χ0v) is 9.20. The summed E-state index contributed by atoms with van der Waals surface area (Å²) < 4.78 is 0. The molecule has 0 saturated heterocycles. The van der Waals surface area contributed by atoms with E-state index in [1.807, 2.05) is 0 Å². The number of carboxylic acid groups (broad SMARTS) is 1. The monoisotopic (exact) mass is 199 g/mol. The van der Waals surface area contributed by atoms with Crippen molar-refractivity contribution in [3.8, 4) is 0 Å². The normalized spacial score (nSPS) is 27.1. The van der Waals surface area contributed by atoms with Gasteiger partial charge in [0.1, 0.15) is 0 Å². The van der Waals surface area contributed by atoms with Crippen LogP contribution >= 0.6 is 0 Å². The van der Waals surface area contributed by atoms with Crippen LogP contribution in [0.1, 0.15) is 39.5 Å². The maximum Gasteiger partial charge on any atom is 0.317 e. The maximum absolute atomic E-state index is 10.7. The Morgan fingerprint density at radius 3 is 2.64 bits per heavy atom. The Hall–Kier alpha value is -0.570. The van der Waals surface area contributed by atoms with E-state index < -0.39 is 5.97 Å². The van der Waals surface area contributed by atoms with Gasteiger partial charge in [-0.05, 0) is 38.1 Å². The summed E-state index contributed by atoms with van der Waals surface area (Å²) >= 11 is 0. The lowest BCUT2D eigenvalue weighted by Crippen LogP contribution is -2.38. The molecule has 1 fully saturated rings. The summed E-state index contributed by atoms with van der Waals surface area (Å²) in [6.07, 6.45) is 4.64. The second kappa shape index (κ2) is 5.35. The fourth-order valence-corrected chi connectivity index (χ4v) is 2.36. The molecular weight excluding hydrogens is 178 g/mol. The zero-order chi connectivity index (χ0) is 10.6. The molecule has 0 aliphatic heterocycles. The summed E-state index contributed by atoms with van der Waals surface area (Å²) in [5.41, 5.74) is 0. The number of hydrogen-bond acceptors (Lipinski definition) is 2. The minimum absolute atomic E-state index is 0.214. The molecule has 0 radical (unpaired) electrons. The highest BCUT2D eigenvalue weighted by molar-refractivity contribution is 5.69. The molecule has 1 N–H and O–H groups in total. The van der Waals surface area contributed by atoms with Gasteiger partial charge in [0.05, 0.1) is 6.54 Å². The third kappa shape index (κ3) is 3.29. The Bertz CT molecular complexity index is 194. The lowest BCUT2D eigenvalue weighted by molar-refractivity contribution is -0.138. The molecule has 82 valence electrons. The average Bonchev–Trinajstić information content (AvgIpc) is 2.50. The molecular formula is C11H21NO2. The first-order valence-corrected chi connectivity index (χ1v) is 5.59. The van der Waals surface area contributed by atoms with Crippen molar-refractivity contribution < 1.29 is 9.90 Å². The lowest BCUT2D eigenvalue weighted by Gasteiger charge is -2.26. The predicted molar refractivity (Wildman–Crippen MR) is 56.3 cm³/mol. The highest BCUT2D eigenvalue weighted by Gasteiger charge is 2.27. The van der Waals surface area contributed by atoms with Crippen LogP contribution in [0.2, 0.25) is 0 Å². The van der Waals surface area contributed by atoms with Crippen LogP contribution in [0.25, 0.3) is 0 Å². The Kier molecular flexibility index (Phi) is 4.39. The van der Waals surface area contributed by atoms with Crippen LogP contribution < -0.4 is 0 Å². The largest absolute Gasteiger partial charge is 0.480 e. The number of carboxylic acids is 1. The number of rotatable bonds is 5. The number of aliphatic carboxylic acids is 1. The van der Waals surface area contributed by atoms with Crippen LogP contribution in [0.4, 0.5) is 0 Å². The van der Waals surface area contributed by atoms with Crippen LogP contribution in [-0.2, 0) is 4.79 Å². The van der Waals surface area contributed by atoms with E-state index >= 15 is 0 Å². The lowest BCUT2D eigenvalue weighted by atomic mass is 10.1. The van der Waals surface area contributed by atoms with Gasteiger partial charge in [0.2, 0.25) is 0 Å². The molecule has 0 aromatic heterocycles. The van der Waals surface area contributed by atoms with Crippen molar-refractivity contribution in [1.29, 1.82) is 0 Å². The van der Waals surface area contributed by atoms with Crippen molar-refractivity contribution in [1.82, 2.24) is 4.90 Å². The predicted octanol–water partition coefficient (Wildman–Crippen LogP) is 1.97. The molecule has 0 heterocycles. The maximum atomic E-state index is 10.7. The molecule has 0 amide bonds. The zero-order valence-electron chi connectivity index (χ0n) is 9.20. The van der Waals surface area contributed by atoms with Crippen LogP contribution in [-0.4, -0.2) is 35.1 Å². The first-order chi connectivity index (χ1) is 6.63. The number of carbonyl (C=O) groups is 1. The Balaban J connectivity index is 2.44. The van der Waals surface area contributed by atoms with E-state index in [2.05, 4.69) is 18.7 Å². The summed E-state index contributed by atoms with van der Waals surface area (Å²) in [4.78, 5) is 12.8. The van der Waals surface area contributed by atoms with Gasteiger partial charge in [-0.15, -0.1) is 0 Å². The molecule has 0 spiro atoms. The third-order valence-corrected chi connectivity index (χ3v) is 3.03. The van der Waals surface area contributed by atoms with E-state index in [9.17, 15) is 4.79 Å². The minimum Gasteiger partial charge on any atom is -0.480 e. The van der Waals surface area contributed by atoms with Crippen LogP contribution in [0.5, 0.6) is 0 Å². The molecule has 3 heteroatoms. The molecule has 2 unspecified atom stereocenters. The molecule has 0 aromatic carbocycles. The minimum atomic E-state index is -0.696. The van der Waals surface area contributed by atoms with Gasteiger partial charge in [-0.3, -0.25) is 9.69 Å². The van der Waals surface area contributed by atoms with Crippen molar-refractivity contribution >= 4 is 5.97 Å². The van der Waals surface area contributed by atoms with E-state index in [-0.39, 0.29) is 6.54 Å². The quantitative estimate of drug-likeness (QED) is 0.736. The SMILES string of the molecule is CCCN(CC(=O)O)C1CCC(C)C1. The van der Waals surface area contributed by atoms with Crippen molar-refractivity contribution in [2.24, 2.45) is 5.92 Å². The standard InChI is InChI=1S/C11H21NO2/c1-3-6-12(8-11(13)14)10-5-4-9(2)7-10/h9-10H,3-8H2,1-2H3,(H,13,14). The van der Waals surface area contributed by atoms with E-state index in [1.165, 1.54) is 19.3 Å². The molecule has 14 heavy (non-hydrogen) atoms. The van der Waals surface area contributed by atoms with Gasteiger partial charge >= 0.3 is 5.97 Å². The van der Waals surface area contributed by atoms with Gasteiger partial charge in [0, 0.05) is 6.04 Å². The number of nitrogens with zero attached hydrogens (tertiary/aromatic N) is 1. The second-order valence-corrected chi connectivity index (χ2v) is 4.44. The van der Waals surface area contributed by atoms with Gasteiger partial charge in [-0.2, -0.15) is 0 Å². The highest BCUT2D eigenvalue weighted by atomic mass is 16.4. The first kappa shape index (κ1) is 11.5. The van der Waals surface area contributed by atoms with Gasteiger partial charge in [-0.25, -0.2) is 0 Å². The summed E-state index contributed by atoms with van der Waals surface area (Å²) in [7, 11) is 0. The van der Waals surface area contributed by atoms with E-state index in [0.29, 0.717) is 6.04 Å². The molecule has 1 saturated carbocycles. The van der Waals surface area contributed by atoms with Crippen molar-refractivity contribution in [2.45, 2.75) is 45.6 Å². The molecule has 3 nitrogen and oxygen atoms in total. The molecule has 1 rings (SSSR count). The summed E-state index contributed by atoms with van der Waals surface area (Å²) in [6, 6.07) is 0.515. The fraction of sp³-hybridized carbons (Fsp3) is 0.909. The molecule has 0 aromatic rings. The van der Waals surface area contributed by atoms with E-state index in [4.69, 9.17) is 5.11 Å². The molecule has 2 atom stereocenters. The van der Waals surface area contributed by atoms with Crippen molar-refractivity contribution in [2.75, 3.05) is 13.1 Å². The smallest absolute Gasteiger partial charge is 0.317 e. The van der Waals surface area contributed by atoms with E-state index in [1.54, 1.807) is 0 Å². The van der Waals surface area contributed by atoms with Crippen molar-refractivity contribution in [3.05, 3.63) is 0 Å². The Morgan fingerprint density at radius 2 is 2.21 bits per heavy atom.